The first-order chi connectivity index (χ1) is 8.79. The molecule has 2 aromatic heterocycles. The van der Waals surface area contributed by atoms with Crippen LogP contribution in [0.1, 0.15) is 0 Å². The van der Waals surface area contributed by atoms with Crippen LogP contribution >= 0.6 is 23.8 Å². The molecule has 0 unspecified atom stereocenters. The zero-order valence-electron chi connectivity index (χ0n) is 9.51. The zero-order valence-corrected chi connectivity index (χ0v) is 11.1. The van der Waals surface area contributed by atoms with Crippen LogP contribution in [0.2, 0.25) is 0 Å². The van der Waals surface area contributed by atoms with Gasteiger partial charge < -0.3 is 9.72 Å². The van der Waals surface area contributed by atoms with E-state index in [-0.39, 0.29) is 0 Å². The highest BCUT2D eigenvalue weighted by molar-refractivity contribution is 7.71. The van der Waals surface area contributed by atoms with Crippen molar-refractivity contribution in [2.24, 2.45) is 0 Å². The van der Waals surface area contributed by atoms with E-state index in [0.29, 0.717) is 4.64 Å². The van der Waals surface area contributed by atoms with Crippen molar-refractivity contribution < 1.29 is 4.74 Å². The zero-order chi connectivity index (χ0) is 12.5. The molecule has 2 heterocycles. The van der Waals surface area contributed by atoms with Gasteiger partial charge in [-0.15, -0.1) is 0 Å². The lowest BCUT2D eigenvalue weighted by Crippen LogP contribution is -1.84. The summed E-state index contributed by atoms with van der Waals surface area (Å²) in [6.45, 7) is 0. The highest BCUT2D eigenvalue weighted by atomic mass is 32.1. The molecule has 90 valence electrons. The van der Waals surface area contributed by atoms with E-state index >= 15 is 0 Å². The maximum atomic E-state index is 5.18. The number of rotatable bonds is 2. The molecule has 1 N–H and O–H groups in total. The molecule has 0 aliphatic heterocycles. The van der Waals surface area contributed by atoms with E-state index in [4.69, 9.17) is 17.0 Å². The lowest BCUT2D eigenvalue weighted by molar-refractivity contribution is 0.415. The van der Waals surface area contributed by atoms with Crippen LogP contribution in [0.4, 0.5) is 0 Å². The fraction of sp³-hybridized carbons (Fsp3) is 0.0833. The monoisotopic (exact) mass is 275 g/mol. The quantitative estimate of drug-likeness (QED) is 0.728. The van der Waals surface area contributed by atoms with Gasteiger partial charge in [0.1, 0.15) is 20.8 Å². The Morgan fingerprint density at radius 3 is 2.78 bits per heavy atom. The van der Waals surface area contributed by atoms with Crippen LogP contribution in [-0.2, 0) is 0 Å². The number of H-pyrrole nitrogens is 1. The van der Waals surface area contributed by atoms with Gasteiger partial charge in [-0.25, -0.2) is 4.98 Å². The Kier molecular flexibility index (Phi) is 2.81. The molecule has 0 saturated carbocycles. The highest BCUT2D eigenvalue weighted by Gasteiger charge is 2.10. The van der Waals surface area contributed by atoms with E-state index in [0.717, 1.165) is 27.2 Å². The number of fused-ring (bicyclic) bond motifs is 1. The maximum absolute atomic E-state index is 5.18. The van der Waals surface area contributed by atoms with Gasteiger partial charge in [0.15, 0.2) is 0 Å². The van der Waals surface area contributed by atoms with Gasteiger partial charge >= 0.3 is 0 Å². The van der Waals surface area contributed by atoms with Crippen molar-refractivity contribution in [3.05, 3.63) is 35.2 Å². The van der Waals surface area contributed by atoms with Crippen molar-refractivity contribution in [3.63, 3.8) is 0 Å². The summed E-state index contributed by atoms with van der Waals surface area (Å²) < 4.78 is 11.1. The van der Waals surface area contributed by atoms with Crippen LogP contribution < -0.4 is 4.74 Å². The number of methoxy groups -OCH3 is 1. The van der Waals surface area contributed by atoms with E-state index in [9.17, 15) is 0 Å². The predicted molar refractivity (Wildman–Crippen MR) is 74.6 cm³/mol. The van der Waals surface area contributed by atoms with Gasteiger partial charge in [-0.3, -0.25) is 0 Å². The maximum Gasteiger partial charge on any atom is 0.148 e. The van der Waals surface area contributed by atoms with E-state index < -0.39 is 0 Å². The Bertz CT molecular complexity index is 746. The van der Waals surface area contributed by atoms with E-state index in [1.807, 2.05) is 24.3 Å². The first kappa shape index (κ1) is 11.3. The van der Waals surface area contributed by atoms with Crippen molar-refractivity contribution in [2.45, 2.75) is 0 Å². The molecule has 0 atom stereocenters. The third-order valence-electron chi connectivity index (χ3n) is 2.64. The average Bonchev–Trinajstić information content (AvgIpc) is 2.84. The van der Waals surface area contributed by atoms with Crippen LogP contribution in [0.5, 0.6) is 5.75 Å². The fourth-order valence-corrected chi connectivity index (χ4v) is 2.75. The molecule has 0 aliphatic rings. The predicted octanol–water partition coefficient (Wildman–Crippen LogP) is 3.42. The molecule has 18 heavy (non-hydrogen) atoms. The number of ether oxygens (including phenoxy) is 1. The summed E-state index contributed by atoms with van der Waals surface area (Å²) in [6.07, 6.45) is 1.60. The Morgan fingerprint density at radius 1 is 1.28 bits per heavy atom. The van der Waals surface area contributed by atoms with Gasteiger partial charge in [0.2, 0.25) is 0 Å². The van der Waals surface area contributed by atoms with Gasteiger partial charge in [-0.05, 0) is 35.8 Å². The minimum atomic E-state index is 0.584. The standard InChI is InChI=1S/C12H9N3OS2/c1-16-8-4-2-7(3-5-8)9-10-11(18-15-9)12(17)14-6-13-10/h2-6H,1H3,(H,13,14,17). The lowest BCUT2D eigenvalue weighted by atomic mass is 10.1. The number of aromatic amines is 1. The van der Waals surface area contributed by atoms with Gasteiger partial charge in [-0.1, -0.05) is 12.2 Å². The number of nitrogens with zero attached hydrogens (tertiary/aromatic N) is 2. The minimum absolute atomic E-state index is 0.584. The molecular formula is C12H9N3OS2. The number of nitrogens with one attached hydrogen (secondary N) is 1. The molecule has 3 aromatic rings. The van der Waals surface area contributed by atoms with E-state index in [2.05, 4.69) is 14.3 Å². The van der Waals surface area contributed by atoms with Crippen LogP contribution in [0.15, 0.2) is 30.6 Å². The normalized spacial score (nSPS) is 10.7. The SMILES string of the molecule is COc1ccc(-c2nsc3c(=S)nc[nH]c23)cc1. The molecule has 0 bridgehead atoms. The molecular weight excluding hydrogens is 266 g/mol. The third-order valence-corrected chi connectivity index (χ3v) is 3.93. The van der Waals surface area contributed by atoms with E-state index in [1.165, 1.54) is 11.5 Å². The average molecular weight is 275 g/mol. The molecule has 0 spiro atoms. The van der Waals surface area contributed by atoms with Crippen molar-refractivity contribution >= 4 is 34.0 Å². The second-order valence-electron chi connectivity index (χ2n) is 3.67. The summed E-state index contributed by atoms with van der Waals surface area (Å²) in [5.41, 5.74) is 2.86. The topological polar surface area (TPSA) is 50.8 Å². The first-order valence-corrected chi connectivity index (χ1v) is 6.45. The molecule has 0 saturated heterocycles. The van der Waals surface area contributed by atoms with Crippen LogP contribution in [0, 0.1) is 4.64 Å². The second kappa shape index (κ2) is 4.47. The van der Waals surface area contributed by atoms with Gasteiger partial charge in [0.05, 0.1) is 19.0 Å². The number of hydrogen-bond acceptors (Lipinski definition) is 5. The first-order valence-electron chi connectivity index (χ1n) is 5.27. The Balaban J connectivity index is 2.19. The van der Waals surface area contributed by atoms with Gasteiger partial charge in [0.25, 0.3) is 0 Å². The molecule has 0 fully saturated rings. The molecule has 3 rings (SSSR count). The van der Waals surface area contributed by atoms with Crippen LogP contribution in [0.25, 0.3) is 21.5 Å². The fourth-order valence-electron chi connectivity index (χ4n) is 1.73. The highest BCUT2D eigenvalue weighted by Crippen LogP contribution is 2.30. The Morgan fingerprint density at radius 2 is 2.06 bits per heavy atom. The largest absolute Gasteiger partial charge is 0.497 e. The number of aromatic nitrogens is 3. The lowest BCUT2D eigenvalue weighted by Gasteiger charge is -2.01. The Labute approximate surface area is 112 Å². The Hall–Kier alpha value is -1.79. The third kappa shape index (κ3) is 1.79. The van der Waals surface area contributed by atoms with Crippen molar-refractivity contribution in [2.75, 3.05) is 7.11 Å². The van der Waals surface area contributed by atoms with Crippen molar-refractivity contribution in [3.8, 4) is 17.0 Å². The molecule has 6 heteroatoms. The van der Waals surface area contributed by atoms with Crippen LogP contribution in [0.3, 0.4) is 0 Å². The van der Waals surface area contributed by atoms with Gasteiger partial charge in [-0.2, -0.15) is 4.37 Å². The summed E-state index contributed by atoms with van der Waals surface area (Å²) in [5, 5.41) is 0. The van der Waals surface area contributed by atoms with Gasteiger partial charge in [0, 0.05) is 5.56 Å². The van der Waals surface area contributed by atoms with Crippen LogP contribution in [-0.4, -0.2) is 21.5 Å². The summed E-state index contributed by atoms with van der Waals surface area (Å²) in [4.78, 5) is 7.16. The second-order valence-corrected chi connectivity index (χ2v) is 4.83. The number of benzene rings is 1. The molecule has 0 radical (unpaired) electrons. The van der Waals surface area contributed by atoms with E-state index in [1.54, 1.807) is 13.4 Å². The molecule has 4 nitrogen and oxygen atoms in total. The molecule has 1 aromatic carbocycles. The molecule has 0 amide bonds. The summed E-state index contributed by atoms with van der Waals surface area (Å²) in [7, 11) is 1.65. The summed E-state index contributed by atoms with van der Waals surface area (Å²) in [5.74, 6) is 0.827. The van der Waals surface area contributed by atoms with Crippen molar-refractivity contribution in [1.29, 1.82) is 0 Å². The summed E-state index contributed by atoms with van der Waals surface area (Å²) >= 11 is 6.54. The molecule has 0 aliphatic carbocycles. The number of hydrogen-bond donors (Lipinski definition) is 1. The smallest absolute Gasteiger partial charge is 0.148 e. The van der Waals surface area contributed by atoms with Crippen molar-refractivity contribution in [1.82, 2.24) is 14.3 Å². The summed E-state index contributed by atoms with van der Waals surface area (Å²) in [6, 6.07) is 7.78. The minimum Gasteiger partial charge on any atom is -0.497 e.